The van der Waals surface area contributed by atoms with Crippen LogP contribution in [-0.2, 0) is 4.74 Å². The van der Waals surface area contributed by atoms with Crippen LogP contribution in [0.15, 0.2) is 12.4 Å². The molecular weight excluding hydrogens is 323 g/mol. The number of rotatable bonds is 4. The molecule has 3 atom stereocenters. The van der Waals surface area contributed by atoms with Crippen LogP contribution in [0, 0.1) is 5.92 Å². The second-order valence-corrected chi connectivity index (χ2v) is 6.47. The lowest BCUT2D eigenvalue weighted by molar-refractivity contribution is 0.0697. The van der Waals surface area contributed by atoms with E-state index in [0.29, 0.717) is 35.3 Å². The molecule has 3 rings (SSSR count). The Morgan fingerprint density at radius 3 is 2.68 bits per heavy atom. The molecule has 120 valence electrons. The first kappa shape index (κ1) is 15.8. The third-order valence-electron chi connectivity index (χ3n) is 4.46. The Balaban J connectivity index is 1.57. The van der Waals surface area contributed by atoms with Gasteiger partial charge in [0.05, 0.1) is 0 Å². The van der Waals surface area contributed by atoms with Crippen LogP contribution in [0.25, 0.3) is 0 Å². The zero-order valence-electron chi connectivity index (χ0n) is 12.2. The van der Waals surface area contributed by atoms with Gasteiger partial charge in [-0.05, 0) is 31.6 Å². The molecular formula is C14H20ClN4O2P. The molecule has 0 spiro atoms. The number of amides is 1. The summed E-state index contributed by atoms with van der Waals surface area (Å²) in [6, 6.07) is 0.596. The number of fused-ring (bicyclic) bond motifs is 2. The Bertz CT molecular complexity index is 533. The quantitative estimate of drug-likeness (QED) is 0.852. The molecule has 0 radical (unpaired) electrons. The molecule has 1 amide bonds. The maximum Gasteiger partial charge on any atom is 0.410 e. The predicted octanol–water partition coefficient (Wildman–Crippen LogP) is 2.75. The molecule has 1 aromatic heterocycles. The van der Waals surface area contributed by atoms with Crippen LogP contribution < -0.4 is 5.32 Å². The fraction of sp³-hybridized carbons (Fsp3) is 0.643. The number of halogens is 1. The number of carbonyl (C=O) groups excluding carboxylic acids is 1. The van der Waals surface area contributed by atoms with Crippen LogP contribution in [0.2, 0.25) is 5.15 Å². The molecule has 3 heterocycles. The normalized spacial score (nSPS) is 26.8. The molecule has 8 heteroatoms. The summed E-state index contributed by atoms with van der Waals surface area (Å²) in [5.41, 5.74) is 0. The van der Waals surface area contributed by atoms with Gasteiger partial charge in [-0.1, -0.05) is 20.8 Å². The van der Waals surface area contributed by atoms with Gasteiger partial charge in [0.25, 0.3) is 0 Å². The Labute approximate surface area is 137 Å². The van der Waals surface area contributed by atoms with Crippen molar-refractivity contribution in [3.8, 4) is 0 Å². The highest BCUT2D eigenvalue weighted by atomic mass is 35.5. The van der Waals surface area contributed by atoms with Crippen molar-refractivity contribution >= 4 is 32.8 Å². The molecule has 2 saturated heterocycles. The van der Waals surface area contributed by atoms with Crippen LogP contribution in [0.1, 0.15) is 25.7 Å². The zero-order valence-corrected chi connectivity index (χ0v) is 14.2. The Morgan fingerprint density at radius 2 is 2.05 bits per heavy atom. The van der Waals surface area contributed by atoms with E-state index in [1.807, 2.05) is 4.90 Å². The van der Waals surface area contributed by atoms with Crippen molar-refractivity contribution in [2.75, 3.05) is 18.2 Å². The number of carbonyl (C=O) groups is 1. The molecule has 0 saturated carbocycles. The third kappa shape index (κ3) is 3.28. The van der Waals surface area contributed by atoms with E-state index in [1.165, 1.54) is 0 Å². The van der Waals surface area contributed by atoms with Crippen molar-refractivity contribution in [2.24, 2.45) is 5.92 Å². The summed E-state index contributed by atoms with van der Waals surface area (Å²) in [4.78, 5) is 22.2. The van der Waals surface area contributed by atoms with Gasteiger partial charge >= 0.3 is 6.09 Å². The van der Waals surface area contributed by atoms with Gasteiger partial charge in [-0.2, -0.15) is 0 Å². The third-order valence-corrected chi connectivity index (χ3v) is 4.90. The average Bonchev–Trinajstić information content (AvgIpc) is 2.78. The van der Waals surface area contributed by atoms with Crippen molar-refractivity contribution in [1.82, 2.24) is 14.9 Å². The minimum absolute atomic E-state index is 0.175. The van der Waals surface area contributed by atoms with Gasteiger partial charge < -0.3 is 15.0 Å². The maximum atomic E-state index is 12.0. The number of nitrogens with one attached hydrogen (secondary N) is 1. The smallest absolute Gasteiger partial charge is 0.410 e. The van der Waals surface area contributed by atoms with Gasteiger partial charge in [-0.25, -0.2) is 14.8 Å². The largest absolute Gasteiger partial charge is 0.445 e. The summed E-state index contributed by atoms with van der Waals surface area (Å²) < 4.78 is 5.14. The molecule has 0 aliphatic carbocycles. The average molecular weight is 343 g/mol. The van der Waals surface area contributed by atoms with Gasteiger partial charge in [-0.15, -0.1) is 0 Å². The first-order valence-electron chi connectivity index (χ1n) is 7.54. The van der Waals surface area contributed by atoms with E-state index < -0.39 is 0 Å². The highest BCUT2D eigenvalue weighted by Crippen LogP contribution is 2.39. The van der Waals surface area contributed by atoms with Crippen LogP contribution in [-0.4, -0.2) is 45.9 Å². The van der Waals surface area contributed by atoms with E-state index in [4.69, 9.17) is 16.3 Å². The highest BCUT2D eigenvalue weighted by molar-refractivity contribution is 7.16. The van der Waals surface area contributed by atoms with Crippen molar-refractivity contribution in [3.05, 3.63) is 17.5 Å². The second-order valence-electron chi connectivity index (χ2n) is 5.78. The Morgan fingerprint density at radius 1 is 1.36 bits per heavy atom. The van der Waals surface area contributed by atoms with E-state index in [-0.39, 0.29) is 6.09 Å². The van der Waals surface area contributed by atoms with Crippen molar-refractivity contribution < 1.29 is 9.53 Å². The molecule has 22 heavy (non-hydrogen) atoms. The number of hydrogen-bond donors (Lipinski definition) is 1. The lowest BCUT2D eigenvalue weighted by Crippen LogP contribution is -2.47. The van der Waals surface area contributed by atoms with Crippen LogP contribution in [0.4, 0.5) is 10.6 Å². The molecule has 3 unspecified atom stereocenters. The number of piperidine rings is 1. The molecule has 0 aromatic carbocycles. The fourth-order valence-electron chi connectivity index (χ4n) is 3.58. The molecule has 2 bridgehead atoms. The first-order chi connectivity index (χ1) is 10.7. The van der Waals surface area contributed by atoms with Crippen molar-refractivity contribution in [2.45, 2.75) is 37.8 Å². The van der Waals surface area contributed by atoms with Gasteiger partial charge in [0.1, 0.15) is 6.35 Å². The standard InChI is InChI=1S/C14H20ClN4O2P/c15-12-13(17-4-3-16-12)18-7-9-5-10-1-2-11(6-9)19(10)14(20)21-8-22/h3-4,9-11H,1-2,5-8,22H2,(H,17,18). The van der Waals surface area contributed by atoms with Gasteiger partial charge in [-0.3, -0.25) is 0 Å². The fourth-order valence-corrected chi connectivity index (χ4v) is 3.90. The van der Waals surface area contributed by atoms with Gasteiger partial charge in [0.2, 0.25) is 0 Å². The van der Waals surface area contributed by atoms with Crippen LogP contribution >= 0.6 is 20.8 Å². The van der Waals surface area contributed by atoms with Crippen LogP contribution in [0.5, 0.6) is 0 Å². The highest BCUT2D eigenvalue weighted by Gasteiger charge is 2.43. The summed E-state index contributed by atoms with van der Waals surface area (Å²) in [7, 11) is 2.42. The number of nitrogens with zero attached hydrogens (tertiary/aromatic N) is 3. The molecule has 1 aromatic rings. The number of anilines is 1. The maximum absolute atomic E-state index is 12.0. The number of hydrogen-bond acceptors (Lipinski definition) is 5. The van der Waals surface area contributed by atoms with E-state index in [1.54, 1.807) is 12.4 Å². The second kappa shape index (κ2) is 6.97. The first-order valence-corrected chi connectivity index (χ1v) is 8.74. The van der Waals surface area contributed by atoms with Crippen LogP contribution in [0.3, 0.4) is 0 Å². The summed E-state index contributed by atoms with van der Waals surface area (Å²) in [5, 5.41) is 3.67. The SMILES string of the molecule is O=C(OCP)N1C2CCC1CC(CNc1nccnc1Cl)C2. The van der Waals surface area contributed by atoms with Crippen molar-refractivity contribution in [1.29, 1.82) is 0 Å². The Kier molecular flexibility index (Phi) is 4.99. The minimum Gasteiger partial charge on any atom is -0.445 e. The molecule has 6 nitrogen and oxygen atoms in total. The monoisotopic (exact) mass is 342 g/mol. The lowest BCUT2D eigenvalue weighted by Gasteiger charge is -2.38. The lowest BCUT2D eigenvalue weighted by atomic mass is 9.91. The molecule has 2 aliphatic heterocycles. The number of ether oxygens (including phenoxy) is 1. The Hall–Kier alpha value is -1.13. The molecule has 1 N–H and O–H groups in total. The topological polar surface area (TPSA) is 67.3 Å². The van der Waals surface area contributed by atoms with Gasteiger partial charge in [0, 0.05) is 31.0 Å². The van der Waals surface area contributed by atoms with Crippen molar-refractivity contribution in [3.63, 3.8) is 0 Å². The number of aromatic nitrogens is 2. The zero-order chi connectivity index (χ0) is 15.5. The van der Waals surface area contributed by atoms with Gasteiger partial charge in [0.15, 0.2) is 11.0 Å². The minimum atomic E-state index is -0.175. The predicted molar refractivity (Wildman–Crippen MR) is 88.0 cm³/mol. The van der Waals surface area contributed by atoms with E-state index >= 15 is 0 Å². The summed E-state index contributed by atoms with van der Waals surface area (Å²) >= 11 is 6.00. The summed E-state index contributed by atoms with van der Waals surface area (Å²) in [5.74, 6) is 1.14. The summed E-state index contributed by atoms with van der Waals surface area (Å²) in [6.07, 6.45) is 7.50. The molecule has 2 fully saturated rings. The van der Waals surface area contributed by atoms with E-state index in [2.05, 4.69) is 24.5 Å². The van der Waals surface area contributed by atoms with E-state index in [0.717, 1.165) is 32.2 Å². The van der Waals surface area contributed by atoms with E-state index in [9.17, 15) is 4.79 Å². The summed E-state index contributed by atoms with van der Waals surface area (Å²) in [6.45, 7) is 0.804. The molecule has 2 aliphatic rings.